The number of carboxylic acid groups (broad SMARTS) is 1. The van der Waals surface area contributed by atoms with Gasteiger partial charge in [0.25, 0.3) is 0 Å². The van der Waals surface area contributed by atoms with Gasteiger partial charge in [0.1, 0.15) is 0 Å². The van der Waals surface area contributed by atoms with Crippen molar-refractivity contribution < 1.29 is 19.4 Å². The number of carbonyl (C=O) groups excluding carboxylic acids is 1. The van der Waals surface area contributed by atoms with Crippen LogP contribution in [-0.4, -0.2) is 53.7 Å². The Hall–Kier alpha value is -1.14. The molecule has 2 heterocycles. The summed E-state index contributed by atoms with van der Waals surface area (Å²) >= 11 is 0. The molecule has 0 saturated carbocycles. The number of likely N-dealkylation sites (tertiary alicyclic amines) is 1. The Morgan fingerprint density at radius 1 is 1.35 bits per heavy atom. The fraction of sp³-hybridized carbons (Fsp3) is 0.818. The molecule has 2 aliphatic rings. The van der Waals surface area contributed by atoms with Crippen molar-refractivity contribution in [2.24, 2.45) is 17.6 Å². The molecule has 0 spiro atoms. The van der Waals surface area contributed by atoms with Gasteiger partial charge in [-0.05, 0) is 13.3 Å². The van der Waals surface area contributed by atoms with Crippen molar-refractivity contribution in [3.63, 3.8) is 0 Å². The van der Waals surface area contributed by atoms with Crippen molar-refractivity contribution in [1.29, 1.82) is 0 Å². The molecular weight excluding hydrogens is 224 g/mol. The van der Waals surface area contributed by atoms with Crippen LogP contribution in [0.1, 0.15) is 13.3 Å². The zero-order chi connectivity index (χ0) is 12.6. The molecule has 0 aromatic carbocycles. The number of amides is 1. The number of rotatable bonds is 2. The molecule has 6 nitrogen and oxygen atoms in total. The molecule has 17 heavy (non-hydrogen) atoms. The van der Waals surface area contributed by atoms with Crippen molar-refractivity contribution in [2.45, 2.75) is 25.4 Å². The molecule has 0 aromatic heterocycles. The largest absolute Gasteiger partial charge is 0.481 e. The third-order valence-corrected chi connectivity index (χ3v) is 3.80. The molecule has 3 N–H and O–H groups in total. The lowest BCUT2D eigenvalue weighted by Crippen LogP contribution is -2.46. The zero-order valence-corrected chi connectivity index (χ0v) is 9.83. The summed E-state index contributed by atoms with van der Waals surface area (Å²) < 4.78 is 5.17. The lowest BCUT2D eigenvalue weighted by atomic mass is 10.00. The number of hydrogen-bond acceptors (Lipinski definition) is 4. The summed E-state index contributed by atoms with van der Waals surface area (Å²) in [6.45, 7) is 3.03. The first-order valence-corrected chi connectivity index (χ1v) is 5.89. The first-order chi connectivity index (χ1) is 8.02. The van der Waals surface area contributed by atoms with E-state index in [1.807, 2.05) is 0 Å². The molecule has 4 atom stereocenters. The van der Waals surface area contributed by atoms with E-state index >= 15 is 0 Å². The van der Waals surface area contributed by atoms with E-state index in [1.165, 1.54) is 0 Å². The van der Waals surface area contributed by atoms with Crippen molar-refractivity contribution in [1.82, 2.24) is 4.90 Å². The highest BCUT2D eigenvalue weighted by Crippen LogP contribution is 2.27. The number of aliphatic carboxylic acids is 1. The standard InChI is InChI=1S/C11H18N2O4/c1-6-7(11(15)16)2-3-13(6)10(14)8-4-17-5-9(8)12/h6-9H,2-5,12H2,1H3,(H,15,16). The van der Waals surface area contributed by atoms with Gasteiger partial charge in [0.05, 0.1) is 25.0 Å². The minimum Gasteiger partial charge on any atom is -0.481 e. The van der Waals surface area contributed by atoms with Gasteiger partial charge < -0.3 is 20.5 Å². The highest BCUT2D eigenvalue weighted by Gasteiger charge is 2.42. The molecule has 96 valence electrons. The molecule has 0 radical (unpaired) electrons. The van der Waals surface area contributed by atoms with Gasteiger partial charge in [0.15, 0.2) is 0 Å². The number of nitrogens with two attached hydrogens (primary N) is 1. The molecule has 0 bridgehead atoms. The fourth-order valence-corrected chi connectivity index (χ4v) is 2.62. The third-order valence-electron chi connectivity index (χ3n) is 3.80. The maximum atomic E-state index is 12.2. The lowest BCUT2D eigenvalue weighted by molar-refractivity contribution is -0.143. The molecule has 2 rings (SSSR count). The van der Waals surface area contributed by atoms with Crippen molar-refractivity contribution in [2.75, 3.05) is 19.8 Å². The lowest BCUT2D eigenvalue weighted by Gasteiger charge is -2.27. The number of hydrogen-bond donors (Lipinski definition) is 2. The number of carbonyl (C=O) groups is 2. The predicted octanol–water partition coefficient (Wildman–Crippen LogP) is -0.718. The van der Waals surface area contributed by atoms with Gasteiger partial charge in [0.2, 0.25) is 5.91 Å². The third kappa shape index (κ3) is 2.14. The Bertz CT molecular complexity index is 333. The summed E-state index contributed by atoms with van der Waals surface area (Å²) in [5.41, 5.74) is 5.80. The average Bonchev–Trinajstić information content (AvgIpc) is 2.83. The van der Waals surface area contributed by atoms with Crippen LogP contribution in [-0.2, 0) is 14.3 Å². The summed E-state index contributed by atoms with van der Waals surface area (Å²) in [6, 6.07) is -0.522. The monoisotopic (exact) mass is 242 g/mol. The van der Waals surface area contributed by atoms with Crippen molar-refractivity contribution in [3.05, 3.63) is 0 Å². The van der Waals surface area contributed by atoms with E-state index in [1.54, 1.807) is 11.8 Å². The molecule has 0 aliphatic carbocycles. The second kappa shape index (κ2) is 4.62. The number of ether oxygens (including phenoxy) is 1. The van der Waals surface area contributed by atoms with E-state index in [2.05, 4.69) is 0 Å². The van der Waals surface area contributed by atoms with Gasteiger partial charge in [-0.1, -0.05) is 0 Å². The van der Waals surface area contributed by atoms with E-state index in [9.17, 15) is 9.59 Å². The van der Waals surface area contributed by atoms with E-state index in [0.29, 0.717) is 26.2 Å². The first-order valence-electron chi connectivity index (χ1n) is 5.89. The second-order valence-electron chi connectivity index (χ2n) is 4.81. The molecule has 4 unspecified atom stereocenters. The first kappa shape index (κ1) is 12.3. The van der Waals surface area contributed by atoms with E-state index in [0.717, 1.165) is 0 Å². The topological polar surface area (TPSA) is 92.9 Å². The van der Waals surface area contributed by atoms with Crippen LogP contribution in [0.4, 0.5) is 0 Å². The highest BCUT2D eigenvalue weighted by molar-refractivity contribution is 5.82. The maximum Gasteiger partial charge on any atom is 0.308 e. The normalized spacial score (nSPS) is 37.4. The van der Waals surface area contributed by atoms with Gasteiger partial charge in [-0.3, -0.25) is 9.59 Å². The fourth-order valence-electron chi connectivity index (χ4n) is 2.62. The predicted molar refractivity (Wildman–Crippen MR) is 59.2 cm³/mol. The van der Waals surface area contributed by atoms with Crippen LogP contribution >= 0.6 is 0 Å². The summed E-state index contributed by atoms with van der Waals surface area (Å²) in [7, 11) is 0. The van der Waals surface area contributed by atoms with Crippen LogP contribution in [0.15, 0.2) is 0 Å². The smallest absolute Gasteiger partial charge is 0.308 e. The molecule has 0 aromatic rings. The second-order valence-corrected chi connectivity index (χ2v) is 4.81. The maximum absolute atomic E-state index is 12.2. The van der Waals surface area contributed by atoms with Crippen LogP contribution in [0, 0.1) is 11.8 Å². The molecule has 2 saturated heterocycles. The van der Waals surface area contributed by atoms with Crippen molar-refractivity contribution >= 4 is 11.9 Å². The Labute approximate surface area is 99.7 Å². The van der Waals surface area contributed by atoms with Gasteiger partial charge in [-0.25, -0.2) is 0 Å². The molecule has 1 amide bonds. The molecule has 6 heteroatoms. The van der Waals surface area contributed by atoms with E-state index < -0.39 is 11.9 Å². The van der Waals surface area contributed by atoms with Gasteiger partial charge in [0, 0.05) is 18.6 Å². The number of carboxylic acids is 1. The average molecular weight is 242 g/mol. The Morgan fingerprint density at radius 2 is 2.06 bits per heavy atom. The Balaban J connectivity index is 2.04. The highest BCUT2D eigenvalue weighted by atomic mass is 16.5. The van der Waals surface area contributed by atoms with Crippen LogP contribution in [0.25, 0.3) is 0 Å². The van der Waals surface area contributed by atoms with E-state index in [-0.39, 0.29) is 23.9 Å². The zero-order valence-electron chi connectivity index (χ0n) is 9.83. The SMILES string of the molecule is CC1C(C(=O)O)CCN1C(=O)C1COCC1N. The summed E-state index contributed by atoms with van der Waals surface area (Å²) in [5.74, 6) is -1.67. The van der Waals surface area contributed by atoms with Crippen LogP contribution in [0.5, 0.6) is 0 Å². The summed E-state index contributed by atoms with van der Waals surface area (Å²) in [5, 5.41) is 9.01. The van der Waals surface area contributed by atoms with Crippen LogP contribution in [0.2, 0.25) is 0 Å². The van der Waals surface area contributed by atoms with Crippen LogP contribution in [0.3, 0.4) is 0 Å². The number of nitrogens with zero attached hydrogens (tertiary/aromatic N) is 1. The molecule has 2 aliphatic heterocycles. The quantitative estimate of drug-likeness (QED) is 0.666. The molecular formula is C11H18N2O4. The van der Waals surface area contributed by atoms with Gasteiger partial charge in [-0.15, -0.1) is 0 Å². The van der Waals surface area contributed by atoms with Crippen LogP contribution < -0.4 is 5.73 Å². The van der Waals surface area contributed by atoms with Crippen molar-refractivity contribution in [3.8, 4) is 0 Å². The molecule has 2 fully saturated rings. The minimum atomic E-state index is -0.834. The van der Waals surface area contributed by atoms with Gasteiger partial charge >= 0.3 is 5.97 Å². The Kier molecular flexibility index (Phi) is 3.35. The summed E-state index contributed by atoms with van der Waals surface area (Å²) in [6.07, 6.45) is 0.519. The minimum absolute atomic E-state index is 0.0637. The Morgan fingerprint density at radius 3 is 2.53 bits per heavy atom. The van der Waals surface area contributed by atoms with Gasteiger partial charge in [-0.2, -0.15) is 0 Å². The summed E-state index contributed by atoms with van der Waals surface area (Å²) in [4.78, 5) is 24.8. The van der Waals surface area contributed by atoms with E-state index in [4.69, 9.17) is 15.6 Å².